The van der Waals surface area contributed by atoms with Crippen LogP contribution in [0.3, 0.4) is 0 Å². The molecule has 1 unspecified atom stereocenters. The minimum atomic E-state index is -0.585. The molecule has 17 heavy (non-hydrogen) atoms. The van der Waals surface area contributed by atoms with Crippen LogP contribution < -0.4 is 15.8 Å². The van der Waals surface area contributed by atoms with Gasteiger partial charge < -0.3 is 15.8 Å². The lowest BCUT2D eigenvalue weighted by Crippen LogP contribution is -2.33. The van der Waals surface area contributed by atoms with Gasteiger partial charge in [0.2, 0.25) is 0 Å². The molecule has 0 heterocycles. The summed E-state index contributed by atoms with van der Waals surface area (Å²) in [5, 5.41) is 2.96. The average Bonchev–Trinajstić information content (AvgIpc) is 2.30. The highest BCUT2D eigenvalue weighted by Crippen LogP contribution is 2.28. The van der Waals surface area contributed by atoms with Gasteiger partial charge in [0.25, 0.3) is 5.91 Å². The number of carbonyl (C=O) groups excluding carboxylic acids is 1. The highest BCUT2D eigenvalue weighted by Gasteiger charge is 2.14. The Morgan fingerprint density at radius 1 is 1.47 bits per heavy atom. The van der Waals surface area contributed by atoms with Crippen LogP contribution in [0.4, 0.5) is 0 Å². The van der Waals surface area contributed by atoms with Gasteiger partial charge in [0.05, 0.1) is 5.02 Å². The molecule has 1 rings (SSSR count). The van der Waals surface area contributed by atoms with Gasteiger partial charge in [-0.15, -0.1) is 0 Å². The molecule has 2 atom stereocenters. The van der Waals surface area contributed by atoms with Crippen molar-refractivity contribution in [2.45, 2.75) is 26.0 Å². The number of rotatable bonds is 4. The van der Waals surface area contributed by atoms with E-state index in [-0.39, 0.29) is 11.9 Å². The minimum Gasteiger partial charge on any atom is -0.479 e. The Morgan fingerprint density at radius 3 is 2.59 bits per heavy atom. The normalized spacial score (nSPS) is 13.9. The number of amides is 1. The van der Waals surface area contributed by atoms with Gasteiger partial charge in [-0.05, 0) is 31.5 Å². The van der Waals surface area contributed by atoms with E-state index in [2.05, 4.69) is 5.32 Å². The number of likely N-dealkylation sites (N-methyl/N-ethyl adjacent to an activating group) is 1. The van der Waals surface area contributed by atoms with E-state index in [0.717, 1.165) is 5.56 Å². The molecule has 0 fully saturated rings. The smallest absolute Gasteiger partial charge is 0.260 e. The predicted molar refractivity (Wildman–Crippen MR) is 68.2 cm³/mol. The van der Waals surface area contributed by atoms with Crippen molar-refractivity contribution in [3.05, 3.63) is 28.8 Å². The summed E-state index contributed by atoms with van der Waals surface area (Å²) < 4.78 is 5.45. The number of nitrogens with two attached hydrogens (primary N) is 1. The summed E-state index contributed by atoms with van der Waals surface area (Å²) in [5.41, 5.74) is 6.67. The molecule has 0 saturated carbocycles. The first kappa shape index (κ1) is 13.8. The van der Waals surface area contributed by atoms with Gasteiger partial charge in [-0.25, -0.2) is 0 Å². The van der Waals surface area contributed by atoms with Crippen LogP contribution in [-0.4, -0.2) is 19.1 Å². The van der Waals surface area contributed by atoms with Crippen molar-refractivity contribution in [2.24, 2.45) is 5.73 Å². The van der Waals surface area contributed by atoms with E-state index < -0.39 is 6.10 Å². The van der Waals surface area contributed by atoms with Gasteiger partial charge >= 0.3 is 0 Å². The van der Waals surface area contributed by atoms with Gasteiger partial charge in [-0.3, -0.25) is 4.79 Å². The summed E-state index contributed by atoms with van der Waals surface area (Å²) in [6.45, 7) is 3.54. The fourth-order valence-electron chi connectivity index (χ4n) is 1.34. The Hall–Kier alpha value is -1.26. The van der Waals surface area contributed by atoms with Crippen molar-refractivity contribution in [1.29, 1.82) is 0 Å². The molecule has 0 spiro atoms. The summed E-state index contributed by atoms with van der Waals surface area (Å²) >= 11 is 6.05. The van der Waals surface area contributed by atoms with Crippen LogP contribution in [0.1, 0.15) is 25.5 Å². The maximum absolute atomic E-state index is 11.3. The predicted octanol–water partition coefficient (Wildman–Crippen LogP) is 1.87. The van der Waals surface area contributed by atoms with Crippen LogP contribution in [0.5, 0.6) is 5.75 Å². The SMILES string of the molecule is CNC(=O)C(C)Oc1ccc([C@H](C)N)cc1Cl. The van der Waals surface area contributed by atoms with Crippen LogP contribution in [0, 0.1) is 0 Å². The quantitative estimate of drug-likeness (QED) is 0.865. The van der Waals surface area contributed by atoms with Crippen LogP contribution in [0.25, 0.3) is 0 Å². The topological polar surface area (TPSA) is 64.3 Å². The van der Waals surface area contributed by atoms with Crippen molar-refractivity contribution in [2.75, 3.05) is 7.05 Å². The Kier molecular flexibility index (Phi) is 4.78. The van der Waals surface area contributed by atoms with E-state index >= 15 is 0 Å². The highest BCUT2D eigenvalue weighted by atomic mass is 35.5. The lowest BCUT2D eigenvalue weighted by molar-refractivity contribution is -0.126. The summed E-state index contributed by atoms with van der Waals surface area (Å²) in [6, 6.07) is 5.22. The molecule has 0 aromatic heterocycles. The number of nitrogens with one attached hydrogen (secondary N) is 1. The number of carbonyl (C=O) groups is 1. The van der Waals surface area contributed by atoms with E-state index in [0.29, 0.717) is 10.8 Å². The zero-order valence-corrected chi connectivity index (χ0v) is 10.9. The van der Waals surface area contributed by atoms with Crippen LogP contribution >= 0.6 is 11.6 Å². The van der Waals surface area contributed by atoms with Crippen LogP contribution in [0.15, 0.2) is 18.2 Å². The van der Waals surface area contributed by atoms with Gasteiger partial charge in [-0.1, -0.05) is 17.7 Å². The van der Waals surface area contributed by atoms with E-state index in [4.69, 9.17) is 22.1 Å². The number of hydrogen-bond donors (Lipinski definition) is 2. The number of halogens is 1. The summed E-state index contributed by atoms with van der Waals surface area (Å²) in [6.07, 6.45) is -0.585. The molecule has 1 aromatic rings. The maximum Gasteiger partial charge on any atom is 0.260 e. The van der Waals surface area contributed by atoms with Gasteiger partial charge in [-0.2, -0.15) is 0 Å². The molecule has 0 aliphatic carbocycles. The third-order valence-electron chi connectivity index (χ3n) is 2.40. The fourth-order valence-corrected chi connectivity index (χ4v) is 1.58. The largest absolute Gasteiger partial charge is 0.479 e. The average molecular weight is 257 g/mol. The third-order valence-corrected chi connectivity index (χ3v) is 2.70. The second kappa shape index (κ2) is 5.89. The molecule has 0 radical (unpaired) electrons. The number of ether oxygens (including phenoxy) is 1. The molecule has 1 amide bonds. The summed E-state index contributed by atoms with van der Waals surface area (Å²) in [4.78, 5) is 11.3. The van der Waals surface area contributed by atoms with E-state index in [9.17, 15) is 4.79 Å². The first-order chi connectivity index (χ1) is 7.95. The molecular weight excluding hydrogens is 240 g/mol. The molecule has 1 aromatic carbocycles. The molecule has 0 aliphatic heterocycles. The first-order valence-electron chi connectivity index (χ1n) is 5.39. The van der Waals surface area contributed by atoms with Crippen LogP contribution in [0.2, 0.25) is 5.02 Å². The lowest BCUT2D eigenvalue weighted by atomic mass is 10.1. The van der Waals surface area contributed by atoms with Crippen LogP contribution in [-0.2, 0) is 4.79 Å². The standard InChI is InChI=1S/C12H17ClN2O2/c1-7(14)9-4-5-11(10(13)6-9)17-8(2)12(16)15-3/h4-8H,14H2,1-3H3,(H,15,16)/t7-,8?/m0/s1. The lowest BCUT2D eigenvalue weighted by Gasteiger charge is -2.15. The van der Waals surface area contributed by atoms with E-state index in [1.54, 1.807) is 26.1 Å². The second-order valence-electron chi connectivity index (χ2n) is 3.85. The molecule has 0 aliphatic rings. The molecule has 4 nitrogen and oxygen atoms in total. The Labute approximate surface area is 106 Å². The fraction of sp³-hybridized carbons (Fsp3) is 0.417. The molecule has 5 heteroatoms. The Balaban J connectivity index is 2.83. The highest BCUT2D eigenvalue weighted by molar-refractivity contribution is 6.32. The third kappa shape index (κ3) is 3.61. The molecule has 94 valence electrons. The minimum absolute atomic E-state index is 0.0853. The number of benzene rings is 1. The Bertz CT molecular complexity index is 407. The van der Waals surface area contributed by atoms with Crippen molar-refractivity contribution in [1.82, 2.24) is 5.32 Å². The summed E-state index contributed by atoms with van der Waals surface area (Å²) in [5.74, 6) is 0.282. The zero-order valence-electron chi connectivity index (χ0n) is 10.2. The van der Waals surface area contributed by atoms with Gasteiger partial charge in [0.15, 0.2) is 6.10 Å². The molecule has 3 N–H and O–H groups in total. The van der Waals surface area contributed by atoms with Crippen molar-refractivity contribution < 1.29 is 9.53 Å². The van der Waals surface area contributed by atoms with Crippen molar-refractivity contribution in [3.8, 4) is 5.75 Å². The van der Waals surface area contributed by atoms with Crippen molar-refractivity contribution >= 4 is 17.5 Å². The molecule has 0 saturated heterocycles. The zero-order chi connectivity index (χ0) is 13.0. The van der Waals surface area contributed by atoms with Crippen molar-refractivity contribution in [3.63, 3.8) is 0 Å². The number of hydrogen-bond acceptors (Lipinski definition) is 3. The van der Waals surface area contributed by atoms with E-state index in [1.807, 2.05) is 13.0 Å². The summed E-state index contributed by atoms with van der Waals surface area (Å²) in [7, 11) is 1.56. The second-order valence-corrected chi connectivity index (χ2v) is 4.26. The first-order valence-corrected chi connectivity index (χ1v) is 5.76. The monoisotopic (exact) mass is 256 g/mol. The van der Waals surface area contributed by atoms with E-state index in [1.165, 1.54) is 0 Å². The maximum atomic E-state index is 11.3. The Morgan fingerprint density at radius 2 is 2.12 bits per heavy atom. The molecular formula is C12H17ClN2O2. The van der Waals surface area contributed by atoms with Gasteiger partial charge in [0.1, 0.15) is 5.75 Å². The van der Waals surface area contributed by atoms with Gasteiger partial charge in [0, 0.05) is 13.1 Å². The molecule has 0 bridgehead atoms.